The van der Waals surface area contributed by atoms with E-state index in [0.717, 1.165) is 22.0 Å². The Morgan fingerprint density at radius 2 is 1.85 bits per heavy atom. The highest BCUT2D eigenvalue weighted by atomic mass is 16.3. The van der Waals surface area contributed by atoms with Gasteiger partial charge in [-0.25, -0.2) is 0 Å². The van der Waals surface area contributed by atoms with Crippen LogP contribution in [0.1, 0.15) is 11.1 Å². The van der Waals surface area contributed by atoms with Crippen molar-refractivity contribution in [2.45, 2.75) is 13.5 Å². The lowest BCUT2D eigenvalue weighted by Crippen LogP contribution is -1.98. The molecule has 0 bridgehead atoms. The molecule has 0 fully saturated rings. The molecule has 100 valence electrons. The van der Waals surface area contributed by atoms with E-state index in [1.807, 2.05) is 55.5 Å². The van der Waals surface area contributed by atoms with E-state index in [1.165, 1.54) is 0 Å². The van der Waals surface area contributed by atoms with Gasteiger partial charge in [0.15, 0.2) is 5.69 Å². The summed E-state index contributed by atoms with van der Waals surface area (Å²) in [6, 6.07) is 15.5. The van der Waals surface area contributed by atoms with Gasteiger partial charge in [0.25, 0.3) is 0 Å². The lowest BCUT2D eigenvalue weighted by atomic mass is 10.1. The Hall–Kier alpha value is -2.62. The third-order valence-electron chi connectivity index (χ3n) is 3.52. The number of aromatic nitrogens is 1. The number of aryl methyl sites for hydroxylation is 1. The first-order valence-electron chi connectivity index (χ1n) is 6.40. The van der Waals surface area contributed by atoms with Gasteiger partial charge in [0.05, 0.1) is 12.1 Å². The molecule has 1 N–H and O–H groups in total. The van der Waals surface area contributed by atoms with Gasteiger partial charge in [-0.05, 0) is 29.3 Å². The largest absolute Gasteiger partial charge is 0.493 e. The number of hydrogen-bond donors (Lipinski definition) is 1. The molecule has 0 radical (unpaired) electrons. The summed E-state index contributed by atoms with van der Waals surface area (Å²) in [6.07, 6.45) is 0. The zero-order chi connectivity index (χ0) is 14.1. The van der Waals surface area contributed by atoms with Gasteiger partial charge in [0, 0.05) is 5.39 Å². The quantitative estimate of drug-likeness (QED) is 0.725. The molecule has 0 spiro atoms. The van der Waals surface area contributed by atoms with Gasteiger partial charge in [0.1, 0.15) is 0 Å². The monoisotopic (exact) mass is 266 g/mol. The van der Waals surface area contributed by atoms with Crippen LogP contribution in [0, 0.1) is 11.8 Å². The molecule has 0 aliphatic carbocycles. The minimum absolute atomic E-state index is 0.0758. The van der Waals surface area contributed by atoms with Crippen molar-refractivity contribution in [3.8, 4) is 5.88 Å². The van der Waals surface area contributed by atoms with Crippen molar-refractivity contribution in [1.29, 1.82) is 0 Å². The first-order valence-corrected chi connectivity index (χ1v) is 6.40. The highest BCUT2D eigenvalue weighted by Crippen LogP contribution is 2.40. The van der Waals surface area contributed by atoms with E-state index >= 15 is 0 Å². The zero-order valence-corrected chi connectivity index (χ0v) is 11.1. The third kappa shape index (κ3) is 1.86. The topological polar surface area (TPSA) is 54.6 Å². The van der Waals surface area contributed by atoms with Crippen LogP contribution >= 0.6 is 0 Å². The minimum Gasteiger partial charge on any atom is -0.493 e. The summed E-state index contributed by atoms with van der Waals surface area (Å²) < 4.78 is 1.72. The molecule has 3 aromatic rings. The fraction of sp³-hybridized carbons (Fsp3) is 0.125. The fourth-order valence-electron chi connectivity index (χ4n) is 2.55. The van der Waals surface area contributed by atoms with Crippen LogP contribution in [0.3, 0.4) is 0 Å². The van der Waals surface area contributed by atoms with Crippen molar-refractivity contribution in [2.24, 2.45) is 5.18 Å². The van der Waals surface area contributed by atoms with Crippen molar-refractivity contribution < 1.29 is 5.11 Å². The Morgan fingerprint density at radius 1 is 1.10 bits per heavy atom. The van der Waals surface area contributed by atoms with Crippen molar-refractivity contribution in [3.63, 3.8) is 0 Å². The van der Waals surface area contributed by atoms with Gasteiger partial charge >= 0.3 is 0 Å². The molecular formula is C16H14N2O2. The Bertz CT molecular complexity index is 776. The van der Waals surface area contributed by atoms with Crippen LogP contribution in [0.2, 0.25) is 0 Å². The second-order valence-electron chi connectivity index (χ2n) is 4.80. The van der Waals surface area contributed by atoms with E-state index in [4.69, 9.17) is 0 Å². The van der Waals surface area contributed by atoms with Crippen LogP contribution in [-0.4, -0.2) is 9.67 Å². The second kappa shape index (κ2) is 4.81. The smallest absolute Gasteiger partial charge is 0.222 e. The summed E-state index contributed by atoms with van der Waals surface area (Å²) in [5.74, 6) is -0.0758. The van der Waals surface area contributed by atoms with Gasteiger partial charge < -0.3 is 9.67 Å². The molecule has 4 heteroatoms. The van der Waals surface area contributed by atoms with Crippen LogP contribution in [-0.2, 0) is 6.54 Å². The number of benzene rings is 2. The molecule has 20 heavy (non-hydrogen) atoms. The lowest BCUT2D eigenvalue weighted by Gasteiger charge is -2.07. The normalized spacial score (nSPS) is 10.8. The number of nitroso groups, excluding NO2 is 1. The highest BCUT2D eigenvalue weighted by Gasteiger charge is 2.18. The molecule has 3 rings (SSSR count). The Labute approximate surface area is 116 Å². The maximum atomic E-state index is 11.0. The number of aromatic hydroxyl groups is 1. The fourth-order valence-corrected chi connectivity index (χ4v) is 2.55. The summed E-state index contributed by atoms with van der Waals surface area (Å²) >= 11 is 0. The van der Waals surface area contributed by atoms with Gasteiger partial charge in [0.2, 0.25) is 5.88 Å². The molecule has 0 saturated heterocycles. The molecule has 0 saturated carbocycles. The van der Waals surface area contributed by atoms with E-state index < -0.39 is 0 Å². The van der Waals surface area contributed by atoms with Gasteiger partial charge in [-0.2, -0.15) is 0 Å². The summed E-state index contributed by atoms with van der Waals surface area (Å²) in [6.45, 7) is 2.41. The Balaban J connectivity index is 2.23. The highest BCUT2D eigenvalue weighted by molar-refractivity contribution is 5.97. The van der Waals surface area contributed by atoms with Crippen LogP contribution < -0.4 is 0 Å². The SMILES string of the molecule is Cc1cccc2c1c(N=O)c(O)n2Cc1ccccc1. The molecule has 0 aliphatic heterocycles. The number of nitrogens with zero attached hydrogens (tertiary/aromatic N) is 2. The Kier molecular flexibility index (Phi) is 2.99. The lowest BCUT2D eigenvalue weighted by molar-refractivity contribution is 0.430. The van der Waals surface area contributed by atoms with Gasteiger partial charge in [-0.3, -0.25) is 0 Å². The van der Waals surface area contributed by atoms with Crippen LogP contribution in [0.15, 0.2) is 53.7 Å². The van der Waals surface area contributed by atoms with E-state index in [2.05, 4.69) is 5.18 Å². The van der Waals surface area contributed by atoms with Gasteiger partial charge in [-0.15, -0.1) is 4.91 Å². The van der Waals surface area contributed by atoms with Gasteiger partial charge in [-0.1, -0.05) is 42.5 Å². The zero-order valence-electron chi connectivity index (χ0n) is 11.1. The number of hydrogen-bond acceptors (Lipinski definition) is 3. The van der Waals surface area contributed by atoms with Crippen LogP contribution in [0.25, 0.3) is 10.9 Å². The van der Waals surface area contributed by atoms with E-state index in [1.54, 1.807) is 4.57 Å². The van der Waals surface area contributed by atoms with Crippen LogP contribution in [0.4, 0.5) is 5.69 Å². The molecule has 4 nitrogen and oxygen atoms in total. The predicted octanol–water partition coefficient (Wildman–Crippen LogP) is 4.10. The standard InChI is InChI=1S/C16H14N2O2/c1-11-6-5-9-13-14(11)15(17-20)16(19)18(13)10-12-7-3-2-4-8-12/h2-9,19H,10H2,1H3. The van der Waals surface area contributed by atoms with Crippen molar-refractivity contribution in [2.75, 3.05) is 0 Å². The summed E-state index contributed by atoms with van der Waals surface area (Å²) in [5, 5.41) is 14.0. The molecule has 1 aromatic heterocycles. The van der Waals surface area contributed by atoms with E-state index in [-0.39, 0.29) is 11.6 Å². The Morgan fingerprint density at radius 3 is 2.55 bits per heavy atom. The molecule has 1 heterocycles. The summed E-state index contributed by atoms with van der Waals surface area (Å²) in [4.78, 5) is 11.0. The molecule has 0 amide bonds. The van der Waals surface area contributed by atoms with Crippen molar-refractivity contribution >= 4 is 16.6 Å². The molecule has 0 atom stereocenters. The summed E-state index contributed by atoms with van der Waals surface area (Å²) in [5.41, 5.74) is 2.92. The second-order valence-corrected chi connectivity index (χ2v) is 4.80. The molecular weight excluding hydrogens is 252 g/mol. The first-order chi connectivity index (χ1) is 9.72. The van der Waals surface area contributed by atoms with Crippen molar-refractivity contribution in [1.82, 2.24) is 4.57 Å². The average molecular weight is 266 g/mol. The maximum absolute atomic E-state index is 11.0. The number of fused-ring (bicyclic) bond motifs is 1. The van der Waals surface area contributed by atoms with Crippen molar-refractivity contribution in [3.05, 3.63) is 64.6 Å². The molecule has 0 unspecified atom stereocenters. The first kappa shape index (κ1) is 12.4. The van der Waals surface area contributed by atoms with E-state index in [9.17, 15) is 10.0 Å². The summed E-state index contributed by atoms with van der Waals surface area (Å²) in [7, 11) is 0. The molecule has 0 aliphatic rings. The molecule has 2 aromatic carbocycles. The third-order valence-corrected chi connectivity index (χ3v) is 3.52. The minimum atomic E-state index is -0.0758. The predicted molar refractivity (Wildman–Crippen MR) is 79.3 cm³/mol. The van der Waals surface area contributed by atoms with E-state index in [0.29, 0.717) is 6.54 Å². The maximum Gasteiger partial charge on any atom is 0.222 e. The number of rotatable bonds is 3. The average Bonchev–Trinajstić information content (AvgIpc) is 2.74. The van der Waals surface area contributed by atoms with Crippen LogP contribution in [0.5, 0.6) is 5.88 Å².